The maximum absolute atomic E-state index is 12.4. The van der Waals surface area contributed by atoms with Crippen molar-refractivity contribution in [3.63, 3.8) is 0 Å². The van der Waals surface area contributed by atoms with Gasteiger partial charge in [0.25, 0.3) is 5.91 Å². The highest BCUT2D eigenvalue weighted by atomic mass is 79.9. The predicted molar refractivity (Wildman–Crippen MR) is 86.7 cm³/mol. The zero-order valence-corrected chi connectivity index (χ0v) is 13.4. The third kappa shape index (κ3) is 3.52. The number of benzene rings is 1. The van der Waals surface area contributed by atoms with Crippen molar-refractivity contribution in [1.82, 2.24) is 4.98 Å². The van der Waals surface area contributed by atoms with Gasteiger partial charge in [0.1, 0.15) is 17.1 Å². The van der Waals surface area contributed by atoms with Gasteiger partial charge in [0, 0.05) is 16.4 Å². The number of amides is 1. The summed E-state index contributed by atoms with van der Waals surface area (Å²) in [5.74, 6) is 0.584. The standard InChI is InChI=1S/C15H16BrN3O2/c1-3-21-12-6-4-5-11(17)14(12)15(20)19-13-7-9(2)10(16)8-18-13/h4-8H,3,17H2,1-2H3,(H,18,19,20). The molecule has 0 unspecified atom stereocenters. The van der Waals surface area contributed by atoms with Gasteiger partial charge in [-0.1, -0.05) is 6.07 Å². The minimum Gasteiger partial charge on any atom is -0.493 e. The van der Waals surface area contributed by atoms with Crippen molar-refractivity contribution in [2.45, 2.75) is 13.8 Å². The van der Waals surface area contributed by atoms with E-state index < -0.39 is 0 Å². The minimum atomic E-state index is -0.342. The molecule has 1 aromatic heterocycles. The number of nitrogen functional groups attached to an aromatic ring is 1. The monoisotopic (exact) mass is 349 g/mol. The fourth-order valence-electron chi connectivity index (χ4n) is 1.85. The van der Waals surface area contributed by atoms with Crippen molar-refractivity contribution in [1.29, 1.82) is 0 Å². The van der Waals surface area contributed by atoms with E-state index in [9.17, 15) is 4.79 Å². The first-order valence-corrected chi connectivity index (χ1v) is 7.27. The Morgan fingerprint density at radius 3 is 2.90 bits per heavy atom. The summed E-state index contributed by atoms with van der Waals surface area (Å²) in [4.78, 5) is 16.6. The largest absolute Gasteiger partial charge is 0.493 e. The first-order chi connectivity index (χ1) is 10.0. The number of aromatic nitrogens is 1. The van der Waals surface area contributed by atoms with E-state index in [-0.39, 0.29) is 5.91 Å². The lowest BCUT2D eigenvalue weighted by molar-refractivity contribution is 0.102. The van der Waals surface area contributed by atoms with E-state index in [1.54, 1.807) is 30.5 Å². The molecule has 0 radical (unpaired) electrons. The van der Waals surface area contributed by atoms with Crippen LogP contribution in [0.15, 0.2) is 34.9 Å². The van der Waals surface area contributed by atoms with Gasteiger partial charge >= 0.3 is 0 Å². The van der Waals surface area contributed by atoms with Crippen molar-refractivity contribution < 1.29 is 9.53 Å². The van der Waals surface area contributed by atoms with Crippen LogP contribution in [0, 0.1) is 6.92 Å². The average Bonchev–Trinajstić information content (AvgIpc) is 2.43. The van der Waals surface area contributed by atoms with Crippen LogP contribution in [0.3, 0.4) is 0 Å². The van der Waals surface area contributed by atoms with Gasteiger partial charge in [-0.15, -0.1) is 0 Å². The van der Waals surface area contributed by atoms with Crippen molar-refractivity contribution in [3.8, 4) is 5.75 Å². The highest BCUT2D eigenvalue weighted by Crippen LogP contribution is 2.26. The predicted octanol–water partition coefficient (Wildman–Crippen LogP) is 3.39. The van der Waals surface area contributed by atoms with E-state index in [1.807, 2.05) is 13.8 Å². The molecule has 0 aliphatic rings. The number of anilines is 2. The molecule has 0 fully saturated rings. The first kappa shape index (κ1) is 15.3. The SMILES string of the molecule is CCOc1cccc(N)c1C(=O)Nc1cc(C)c(Br)cn1. The van der Waals surface area contributed by atoms with Crippen LogP contribution in [0.4, 0.5) is 11.5 Å². The highest BCUT2D eigenvalue weighted by Gasteiger charge is 2.16. The Labute approximate surface area is 131 Å². The Bertz CT molecular complexity index is 674. The number of pyridine rings is 1. The molecule has 2 rings (SSSR count). The number of nitrogens with two attached hydrogens (primary N) is 1. The van der Waals surface area contributed by atoms with Gasteiger partial charge < -0.3 is 15.8 Å². The minimum absolute atomic E-state index is 0.321. The number of hydrogen-bond donors (Lipinski definition) is 2. The molecule has 110 valence electrons. The third-order valence-electron chi connectivity index (χ3n) is 2.87. The second-order valence-electron chi connectivity index (χ2n) is 4.43. The lowest BCUT2D eigenvalue weighted by Gasteiger charge is -2.12. The molecule has 0 saturated carbocycles. The molecule has 0 bridgehead atoms. The Morgan fingerprint density at radius 1 is 1.48 bits per heavy atom. The zero-order valence-electron chi connectivity index (χ0n) is 11.8. The summed E-state index contributed by atoms with van der Waals surface area (Å²) in [6.07, 6.45) is 1.64. The highest BCUT2D eigenvalue weighted by molar-refractivity contribution is 9.10. The molecular weight excluding hydrogens is 334 g/mol. The summed E-state index contributed by atoms with van der Waals surface area (Å²) in [6.45, 7) is 4.23. The Balaban J connectivity index is 2.29. The lowest BCUT2D eigenvalue weighted by Crippen LogP contribution is -2.16. The first-order valence-electron chi connectivity index (χ1n) is 6.47. The molecule has 2 aromatic rings. The summed E-state index contributed by atoms with van der Waals surface area (Å²) >= 11 is 3.37. The van der Waals surface area contributed by atoms with Crippen molar-refractivity contribution >= 4 is 33.3 Å². The molecule has 5 nitrogen and oxygen atoms in total. The molecule has 0 spiro atoms. The fourth-order valence-corrected chi connectivity index (χ4v) is 2.07. The molecule has 0 aliphatic heterocycles. The smallest absolute Gasteiger partial charge is 0.262 e. The van der Waals surface area contributed by atoms with Gasteiger partial charge in [0.2, 0.25) is 0 Å². The van der Waals surface area contributed by atoms with Gasteiger partial charge in [0.15, 0.2) is 0 Å². The van der Waals surface area contributed by atoms with Gasteiger partial charge in [-0.2, -0.15) is 0 Å². The number of nitrogens with one attached hydrogen (secondary N) is 1. The Kier molecular flexibility index (Phi) is 4.80. The number of carbonyl (C=O) groups is 1. The Hall–Kier alpha value is -2.08. The summed E-state index contributed by atoms with van der Waals surface area (Å²) in [6, 6.07) is 6.91. The van der Waals surface area contributed by atoms with Crippen molar-refractivity contribution in [3.05, 3.63) is 46.1 Å². The number of nitrogens with zero attached hydrogens (tertiary/aromatic N) is 1. The van der Waals surface area contributed by atoms with Crippen LogP contribution < -0.4 is 15.8 Å². The number of aryl methyl sites for hydroxylation is 1. The van der Waals surface area contributed by atoms with E-state index in [1.165, 1.54) is 0 Å². The summed E-state index contributed by atoms with van der Waals surface area (Å²) in [5.41, 5.74) is 7.56. The fraction of sp³-hybridized carbons (Fsp3) is 0.200. The summed E-state index contributed by atoms with van der Waals surface area (Å²) in [7, 11) is 0. The molecule has 1 amide bonds. The molecule has 1 aromatic carbocycles. The molecule has 0 aliphatic carbocycles. The number of ether oxygens (including phenoxy) is 1. The molecule has 0 saturated heterocycles. The van der Waals surface area contributed by atoms with Crippen molar-refractivity contribution in [2.75, 3.05) is 17.7 Å². The van der Waals surface area contributed by atoms with E-state index in [0.29, 0.717) is 29.4 Å². The van der Waals surface area contributed by atoms with Crippen LogP contribution in [0.5, 0.6) is 5.75 Å². The third-order valence-corrected chi connectivity index (χ3v) is 3.70. The van der Waals surface area contributed by atoms with Gasteiger partial charge in [0.05, 0.1) is 6.61 Å². The maximum atomic E-state index is 12.4. The number of hydrogen-bond acceptors (Lipinski definition) is 4. The normalized spacial score (nSPS) is 10.2. The topological polar surface area (TPSA) is 77.2 Å². The van der Waals surface area contributed by atoms with E-state index in [4.69, 9.17) is 10.5 Å². The number of halogens is 1. The second kappa shape index (κ2) is 6.58. The summed E-state index contributed by atoms with van der Waals surface area (Å²) < 4.78 is 6.33. The molecule has 1 heterocycles. The van der Waals surface area contributed by atoms with Crippen LogP contribution in [-0.4, -0.2) is 17.5 Å². The quantitative estimate of drug-likeness (QED) is 0.829. The molecule has 21 heavy (non-hydrogen) atoms. The van der Waals surface area contributed by atoms with Crippen LogP contribution >= 0.6 is 15.9 Å². The van der Waals surface area contributed by atoms with Crippen LogP contribution in [0.1, 0.15) is 22.8 Å². The van der Waals surface area contributed by atoms with Crippen LogP contribution in [0.2, 0.25) is 0 Å². The molecule has 0 atom stereocenters. The summed E-state index contributed by atoms with van der Waals surface area (Å²) in [5, 5.41) is 2.74. The maximum Gasteiger partial charge on any atom is 0.262 e. The molecule has 6 heteroatoms. The molecule has 3 N–H and O–H groups in total. The van der Waals surface area contributed by atoms with E-state index in [0.717, 1.165) is 10.0 Å². The second-order valence-corrected chi connectivity index (χ2v) is 5.28. The van der Waals surface area contributed by atoms with Crippen LogP contribution in [0.25, 0.3) is 0 Å². The van der Waals surface area contributed by atoms with Gasteiger partial charge in [-0.25, -0.2) is 4.98 Å². The van der Waals surface area contributed by atoms with Gasteiger partial charge in [-0.05, 0) is 53.5 Å². The lowest BCUT2D eigenvalue weighted by atomic mass is 10.1. The van der Waals surface area contributed by atoms with E-state index >= 15 is 0 Å². The van der Waals surface area contributed by atoms with Gasteiger partial charge in [-0.3, -0.25) is 4.79 Å². The zero-order chi connectivity index (χ0) is 15.4. The van der Waals surface area contributed by atoms with Crippen molar-refractivity contribution in [2.24, 2.45) is 0 Å². The number of rotatable bonds is 4. The van der Waals surface area contributed by atoms with E-state index in [2.05, 4.69) is 26.2 Å². The van der Waals surface area contributed by atoms with Crippen LogP contribution in [-0.2, 0) is 0 Å². The molecular formula is C15H16BrN3O2. The average molecular weight is 350 g/mol. The number of carbonyl (C=O) groups excluding carboxylic acids is 1. The Morgan fingerprint density at radius 2 is 2.24 bits per heavy atom.